The van der Waals surface area contributed by atoms with Crippen LogP contribution in [0.25, 0.3) is 0 Å². The minimum atomic E-state index is -3.89. The molecule has 9 nitrogen and oxygen atoms in total. The van der Waals surface area contributed by atoms with Crippen molar-refractivity contribution in [3.8, 4) is 11.5 Å². The summed E-state index contributed by atoms with van der Waals surface area (Å²) < 4.78 is 44.5. The molecule has 2 aromatic rings. The molecule has 33 heavy (non-hydrogen) atoms. The van der Waals surface area contributed by atoms with Crippen LogP contribution in [0.15, 0.2) is 53.4 Å². The largest absolute Gasteiger partial charge is 0.497 e. The monoisotopic (exact) mass is 478 g/mol. The molecule has 0 radical (unpaired) electrons. The fraction of sp³-hybridized carbons (Fsp3) is 0.435. The zero-order valence-corrected chi connectivity index (χ0v) is 19.5. The quantitative estimate of drug-likeness (QED) is 0.474. The molecule has 3 rings (SSSR count). The zero-order chi connectivity index (χ0) is 23.8. The van der Waals surface area contributed by atoms with Crippen LogP contribution >= 0.6 is 0 Å². The first-order chi connectivity index (χ1) is 15.9. The third-order valence-corrected chi connectivity index (χ3v) is 7.03. The first-order valence-electron chi connectivity index (χ1n) is 10.7. The standard InChI is InChI=1S/C23H30N2O7S/c1-30-17-7-5-6-16(12-17)14-24-23(27)13-18-10-11-19(21(15-26)32-18)25-33(28,29)22-9-4-3-8-20(22)31-2/h3-9,12,18-19,21,25-26H,10-11,13-15H2,1-2H3,(H,24,27)/t18-,19+,21+/m1/s1. The number of sulfonamides is 1. The highest BCUT2D eigenvalue weighted by Crippen LogP contribution is 2.27. The van der Waals surface area contributed by atoms with Crippen LogP contribution in [-0.2, 0) is 26.1 Å². The minimum absolute atomic E-state index is 0.0169. The highest BCUT2D eigenvalue weighted by Gasteiger charge is 2.35. The van der Waals surface area contributed by atoms with Crippen molar-refractivity contribution in [1.29, 1.82) is 0 Å². The van der Waals surface area contributed by atoms with E-state index in [4.69, 9.17) is 14.2 Å². The van der Waals surface area contributed by atoms with Gasteiger partial charge in [-0.25, -0.2) is 13.1 Å². The van der Waals surface area contributed by atoms with Crippen molar-refractivity contribution in [2.24, 2.45) is 0 Å². The van der Waals surface area contributed by atoms with Crippen LogP contribution in [0.4, 0.5) is 0 Å². The molecule has 0 spiro atoms. The summed E-state index contributed by atoms with van der Waals surface area (Å²) in [6.07, 6.45) is -0.166. The molecule has 1 saturated heterocycles. The number of amides is 1. The van der Waals surface area contributed by atoms with Crippen molar-refractivity contribution in [1.82, 2.24) is 10.0 Å². The third kappa shape index (κ3) is 6.67. The number of aliphatic hydroxyl groups is 1. The van der Waals surface area contributed by atoms with E-state index in [2.05, 4.69) is 10.0 Å². The van der Waals surface area contributed by atoms with Crippen molar-refractivity contribution in [3.05, 3.63) is 54.1 Å². The zero-order valence-electron chi connectivity index (χ0n) is 18.7. The number of ether oxygens (including phenoxy) is 3. The number of nitrogens with one attached hydrogen (secondary N) is 2. The Bertz CT molecular complexity index is 1040. The maximum atomic E-state index is 12.9. The number of rotatable bonds is 10. The van der Waals surface area contributed by atoms with Crippen molar-refractivity contribution < 1.29 is 32.5 Å². The first-order valence-corrected chi connectivity index (χ1v) is 12.2. The lowest BCUT2D eigenvalue weighted by atomic mass is 9.98. The molecule has 0 unspecified atom stereocenters. The van der Waals surface area contributed by atoms with Gasteiger partial charge in [0.2, 0.25) is 15.9 Å². The van der Waals surface area contributed by atoms with Gasteiger partial charge in [-0.15, -0.1) is 0 Å². The second-order valence-electron chi connectivity index (χ2n) is 7.77. The Kier molecular flexibility index (Phi) is 8.67. The van der Waals surface area contributed by atoms with E-state index in [0.29, 0.717) is 25.1 Å². The number of hydrogen-bond donors (Lipinski definition) is 3. The van der Waals surface area contributed by atoms with Crippen LogP contribution in [-0.4, -0.2) is 58.5 Å². The van der Waals surface area contributed by atoms with Gasteiger partial charge in [-0.05, 0) is 42.7 Å². The smallest absolute Gasteiger partial charge is 0.244 e. The lowest BCUT2D eigenvalue weighted by Gasteiger charge is -2.35. The molecule has 1 heterocycles. The summed E-state index contributed by atoms with van der Waals surface area (Å²) in [5.74, 6) is 0.755. The average Bonchev–Trinajstić information content (AvgIpc) is 2.83. The SMILES string of the molecule is COc1cccc(CNC(=O)C[C@H]2CC[C@H](NS(=O)(=O)c3ccccc3OC)[C@H](CO)O2)c1. The van der Waals surface area contributed by atoms with Gasteiger partial charge in [-0.2, -0.15) is 0 Å². The van der Waals surface area contributed by atoms with E-state index in [1.807, 2.05) is 24.3 Å². The van der Waals surface area contributed by atoms with Crippen LogP contribution in [0.2, 0.25) is 0 Å². The lowest BCUT2D eigenvalue weighted by molar-refractivity contribution is -0.130. The second kappa shape index (κ2) is 11.5. The molecule has 0 aliphatic carbocycles. The second-order valence-corrected chi connectivity index (χ2v) is 9.45. The normalized spacial score (nSPS) is 20.8. The molecule has 0 aromatic heterocycles. The number of para-hydroxylation sites is 1. The Morgan fingerprint density at radius 2 is 1.91 bits per heavy atom. The molecule has 1 fully saturated rings. The van der Waals surface area contributed by atoms with Crippen LogP contribution < -0.4 is 19.5 Å². The molecule has 3 N–H and O–H groups in total. The van der Waals surface area contributed by atoms with Crippen molar-refractivity contribution >= 4 is 15.9 Å². The van der Waals surface area contributed by atoms with E-state index in [1.165, 1.54) is 13.2 Å². The maximum Gasteiger partial charge on any atom is 0.244 e. The van der Waals surface area contributed by atoms with Gasteiger partial charge < -0.3 is 24.6 Å². The summed E-state index contributed by atoms with van der Waals surface area (Å²) in [4.78, 5) is 12.4. The molecule has 2 aromatic carbocycles. The van der Waals surface area contributed by atoms with Crippen molar-refractivity contribution in [3.63, 3.8) is 0 Å². The minimum Gasteiger partial charge on any atom is -0.497 e. The van der Waals surface area contributed by atoms with Crippen molar-refractivity contribution in [2.75, 3.05) is 20.8 Å². The summed E-state index contributed by atoms with van der Waals surface area (Å²) >= 11 is 0. The van der Waals surface area contributed by atoms with E-state index in [1.54, 1.807) is 25.3 Å². The Hall–Kier alpha value is -2.66. The van der Waals surface area contributed by atoms with Gasteiger partial charge in [0.05, 0.1) is 45.5 Å². The van der Waals surface area contributed by atoms with E-state index >= 15 is 0 Å². The topological polar surface area (TPSA) is 123 Å². The van der Waals surface area contributed by atoms with Crippen LogP contribution in [0.1, 0.15) is 24.8 Å². The number of aliphatic hydroxyl groups excluding tert-OH is 1. The van der Waals surface area contributed by atoms with E-state index in [9.17, 15) is 18.3 Å². The van der Waals surface area contributed by atoms with Gasteiger partial charge >= 0.3 is 0 Å². The number of carbonyl (C=O) groups excluding carboxylic acids is 1. The highest BCUT2D eigenvalue weighted by molar-refractivity contribution is 7.89. The molecule has 1 aliphatic rings. The van der Waals surface area contributed by atoms with E-state index < -0.39 is 28.3 Å². The Morgan fingerprint density at radius 1 is 1.12 bits per heavy atom. The van der Waals surface area contributed by atoms with Crippen LogP contribution in [0.5, 0.6) is 11.5 Å². The van der Waals surface area contributed by atoms with Gasteiger partial charge in [0.25, 0.3) is 0 Å². The summed E-state index contributed by atoms with van der Waals surface area (Å²) in [7, 11) is -0.903. The van der Waals surface area contributed by atoms with Crippen LogP contribution in [0, 0.1) is 0 Å². The summed E-state index contributed by atoms with van der Waals surface area (Å²) in [5.41, 5.74) is 0.909. The summed E-state index contributed by atoms with van der Waals surface area (Å²) in [6, 6.07) is 13.1. The maximum absolute atomic E-state index is 12.9. The fourth-order valence-electron chi connectivity index (χ4n) is 3.78. The predicted molar refractivity (Wildman–Crippen MR) is 122 cm³/mol. The molecular formula is C23H30N2O7S. The molecule has 0 bridgehead atoms. The predicted octanol–water partition coefficient (Wildman–Crippen LogP) is 1.60. The highest BCUT2D eigenvalue weighted by atomic mass is 32.2. The first kappa shape index (κ1) is 25.0. The average molecular weight is 479 g/mol. The number of hydrogen-bond acceptors (Lipinski definition) is 7. The molecule has 1 aliphatic heterocycles. The third-order valence-electron chi connectivity index (χ3n) is 5.50. The number of carbonyl (C=O) groups is 1. The molecule has 10 heteroatoms. The Labute approximate surface area is 194 Å². The van der Waals surface area contributed by atoms with Crippen LogP contribution in [0.3, 0.4) is 0 Å². The lowest BCUT2D eigenvalue weighted by Crippen LogP contribution is -2.51. The van der Waals surface area contributed by atoms with Crippen molar-refractivity contribution in [2.45, 2.75) is 49.0 Å². The van der Waals surface area contributed by atoms with Gasteiger partial charge in [0, 0.05) is 6.54 Å². The van der Waals surface area contributed by atoms with E-state index in [-0.39, 0.29) is 29.6 Å². The fourth-order valence-corrected chi connectivity index (χ4v) is 5.25. The molecule has 0 saturated carbocycles. The molecule has 1 amide bonds. The summed E-state index contributed by atoms with van der Waals surface area (Å²) in [6.45, 7) is -0.0193. The number of methoxy groups -OCH3 is 2. The van der Waals surface area contributed by atoms with Gasteiger partial charge in [0.15, 0.2) is 0 Å². The Morgan fingerprint density at radius 3 is 2.64 bits per heavy atom. The van der Waals surface area contributed by atoms with Gasteiger partial charge in [0.1, 0.15) is 16.4 Å². The van der Waals surface area contributed by atoms with Gasteiger partial charge in [-0.3, -0.25) is 4.79 Å². The van der Waals surface area contributed by atoms with E-state index in [0.717, 1.165) is 5.56 Å². The molecule has 180 valence electrons. The van der Waals surface area contributed by atoms with Gasteiger partial charge in [-0.1, -0.05) is 24.3 Å². The summed E-state index contributed by atoms with van der Waals surface area (Å²) in [5, 5.41) is 12.6. The number of benzene rings is 2. The molecule has 3 atom stereocenters. The Balaban J connectivity index is 1.55. The molecular weight excluding hydrogens is 448 g/mol.